The first kappa shape index (κ1) is 12.4. The van der Waals surface area contributed by atoms with E-state index in [9.17, 15) is 4.79 Å². The van der Waals surface area contributed by atoms with Crippen LogP contribution in [0.3, 0.4) is 0 Å². The predicted octanol–water partition coefficient (Wildman–Crippen LogP) is 3.61. The third-order valence-corrected chi connectivity index (χ3v) is 3.39. The minimum atomic E-state index is -0.103. The highest BCUT2D eigenvalue weighted by atomic mass is 16.1. The van der Waals surface area contributed by atoms with Crippen molar-refractivity contribution < 1.29 is 4.79 Å². The van der Waals surface area contributed by atoms with Crippen LogP contribution < -0.4 is 0 Å². The van der Waals surface area contributed by atoms with Crippen molar-refractivity contribution in [3.05, 3.63) is 66.7 Å². The molecule has 0 aliphatic rings. The molecule has 0 aliphatic carbocycles. The van der Waals surface area contributed by atoms with Crippen molar-refractivity contribution in [1.82, 2.24) is 9.55 Å². The Labute approximate surface area is 117 Å². The van der Waals surface area contributed by atoms with E-state index in [2.05, 4.69) is 11.6 Å². The third-order valence-electron chi connectivity index (χ3n) is 3.39. The number of hydrogen-bond donors (Lipinski definition) is 0. The molecular formula is C17H14N2O. The molecule has 0 amide bonds. The fraction of sp³-hybridized carbons (Fsp3) is 0.0588. The summed E-state index contributed by atoms with van der Waals surface area (Å²) in [5.41, 5.74) is 3.29. The maximum Gasteiger partial charge on any atom is 0.187 e. The van der Waals surface area contributed by atoms with Crippen LogP contribution in [0.4, 0.5) is 0 Å². The fourth-order valence-corrected chi connectivity index (χ4v) is 2.37. The van der Waals surface area contributed by atoms with Gasteiger partial charge in [0.05, 0.1) is 5.52 Å². The summed E-state index contributed by atoms with van der Waals surface area (Å²) in [5.74, 6) is 0.748. The number of rotatable bonds is 3. The zero-order valence-corrected chi connectivity index (χ0v) is 11.2. The Morgan fingerprint density at radius 3 is 2.60 bits per heavy atom. The minimum absolute atomic E-state index is 0.103. The van der Waals surface area contributed by atoms with Crippen molar-refractivity contribution in [1.29, 1.82) is 0 Å². The smallest absolute Gasteiger partial charge is 0.187 e. The summed E-state index contributed by atoms with van der Waals surface area (Å²) in [6, 6.07) is 15.6. The highest BCUT2D eigenvalue weighted by molar-refractivity contribution is 6.12. The second-order valence-electron chi connectivity index (χ2n) is 4.60. The summed E-state index contributed by atoms with van der Waals surface area (Å²) in [4.78, 5) is 16.6. The number of para-hydroxylation sites is 1. The van der Waals surface area contributed by atoms with E-state index in [-0.39, 0.29) is 5.78 Å². The second kappa shape index (κ2) is 4.78. The summed E-state index contributed by atoms with van der Waals surface area (Å²) in [7, 11) is 1.96. The monoisotopic (exact) mass is 262 g/mol. The average Bonchev–Trinajstić information content (AvgIpc) is 2.85. The summed E-state index contributed by atoms with van der Waals surface area (Å²) < 4.78 is 2.00. The molecule has 0 N–H and O–H groups in total. The molecule has 3 aromatic rings. The molecule has 3 nitrogen and oxygen atoms in total. The molecule has 0 atom stereocenters. The Balaban J connectivity index is 2.30. The van der Waals surface area contributed by atoms with E-state index in [4.69, 9.17) is 0 Å². The van der Waals surface area contributed by atoms with E-state index in [0.29, 0.717) is 5.56 Å². The van der Waals surface area contributed by atoms with Gasteiger partial charge in [0.25, 0.3) is 0 Å². The summed E-state index contributed by atoms with van der Waals surface area (Å²) in [5, 5.41) is 0. The van der Waals surface area contributed by atoms with Gasteiger partial charge < -0.3 is 4.57 Å². The number of imidazole rings is 1. The van der Waals surface area contributed by atoms with Crippen molar-refractivity contribution in [3.63, 3.8) is 0 Å². The van der Waals surface area contributed by atoms with Gasteiger partial charge in [-0.2, -0.15) is 0 Å². The average molecular weight is 262 g/mol. The normalized spacial score (nSPS) is 10.7. The van der Waals surface area contributed by atoms with Crippen molar-refractivity contribution in [2.24, 2.45) is 7.05 Å². The lowest BCUT2D eigenvalue weighted by atomic mass is 10.1. The van der Waals surface area contributed by atoms with E-state index in [1.807, 2.05) is 54.1 Å². The van der Waals surface area contributed by atoms with Crippen molar-refractivity contribution in [2.75, 3.05) is 0 Å². The van der Waals surface area contributed by atoms with Crippen molar-refractivity contribution in [2.45, 2.75) is 0 Å². The SMILES string of the molecule is C=CC(=O)c1cccc2c1nc(-c1ccccc1)n2C. The molecule has 0 radical (unpaired) electrons. The lowest BCUT2D eigenvalue weighted by Crippen LogP contribution is -1.95. The van der Waals surface area contributed by atoms with E-state index in [1.54, 1.807) is 6.07 Å². The largest absolute Gasteiger partial charge is 0.327 e. The number of hydrogen-bond acceptors (Lipinski definition) is 2. The quantitative estimate of drug-likeness (QED) is 0.534. The van der Waals surface area contributed by atoms with Gasteiger partial charge in [-0.25, -0.2) is 4.98 Å². The van der Waals surface area contributed by atoms with Crippen LogP contribution in [0.15, 0.2) is 61.2 Å². The molecule has 0 bridgehead atoms. The number of ketones is 1. The molecular weight excluding hydrogens is 248 g/mol. The van der Waals surface area contributed by atoms with Gasteiger partial charge in [0.1, 0.15) is 11.3 Å². The molecule has 0 unspecified atom stereocenters. The molecule has 2 aromatic carbocycles. The van der Waals surface area contributed by atoms with Gasteiger partial charge in [-0.3, -0.25) is 4.79 Å². The first-order valence-corrected chi connectivity index (χ1v) is 6.40. The second-order valence-corrected chi connectivity index (χ2v) is 4.60. The van der Waals surface area contributed by atoms with Gasteiger partial charge in [0.2, 0.25) is 0 Å². The standard InChI is InChI=1S/C17H14N2O/c1-3-15(20)13-10-7-11-14-16(13)18-17(19(14)2)12-8-5-4-6-9-12/h3-11H,1H2,2H3. The summed E-state index contributed by atoms with van der Waals surface area (Å²) >= 11 is 0. The molecule has 98 valence electrons. The summed E-state index contributed by atoms with van der Waals surface area (Å²) in [6.07, 6.45) is 1.33. The fourth-order valence-electron chi connectivity index (χ4n) is 2.37. The van der Waals surface area contributed by atoms with Crippen LogP contribution in [0.5, 0.6) is 0 Å². The van der Waals surface area contributed by atoms with Crippen LogP contribution in [0.1, 0.15) is 10.4 Å². The highest BCUT2D eigenvalue weighted by Gasteiger charge is 2.14. The molecule has 1 heterocycles. The Morgan fingerprint density at radius 1 is 1.15 bits per heavy atom. The Kier molecular flexibility index (Phi) is 2.95. The number of aryl methyl sites for hydroxylation is 1. The van der Waals surface area contributed by atoms with Gasteiger partial charge >= 0.3 is 0 Å². The Morgan fingerprint density at radius 2 is 1.90 bits per heavy atom. The number of aromatic nitrogens is 2. The number of allylic oxidation sites excluding steroid dienone is 1. The molecule has 0 saturated heterocycles. The van der Waals surface area contributed by atoms with E-state index in [1.165, 1.54) is 6.08 Å². The topological polar surface area (TPSA) is 34.9 Å². The van der Waals surface area contributed by atoms with Gasteiger partial charge in [0.15, 0.2) is 5.78 Å². The lowest BCUT2D eigenvalue weighted by molar-refractivity contribution is 0.104. The molecule has 0 aliphatic heterocycles. The van der Waals surface area contributed by atoms with E-state index in [0.717, 1.165) is 22.4 Å². The first-order valence-electron chi connectivity index (χ1n) is 6.40. The number of carbonyl (C=O) groups excluding carboxylic acids is 1. The van der Waals surface area contributed by atoms with Crippen LogP contribution in [-0.2, 0) is 7.05 Å². The maximum absolute atomic E-state index is 11.9. The number of benzene rings is 2. The van der Waals surface area contributed by atoms with E-state index < -0.39 is 0 Å². The molecule has 20 heavy (non-hydrogen) atoms. The van der Waals surface area contributed by atoms with Gasteiger partial charge in [0, 0.05) is 18.2 Å². The van der Waals surface area contributed by atoms with Crippen LogP contribution in [-0.4, -0.2) is 15.3 Å². The third kappa shape index (κ3) is 1.84. The Hall–Kier alpha value is -2.68. The van der Waals surface area contributed by atoms with E-state index >= 15 is 0 Å². The maximum atomic E-state index is 11.9. The van der Waals surface area contributed by atoms with Crippen molar-refractivity contribution >= 4 is 16.8 Å². The number of nitrogens with zero attached hydrogens (tertiary/aromatic N) is 2. The number of carbonyl (C=O) groups is 1. The van der Waals surface area contributed by atoms with Gasteiger partial charge in [-0.1, -0.05) is 43.0 Å². The predicted molar refractivity (Wildman–Crippen MR) is 80.7 cm³/mol. The molecule has 0 spiro atoms. The van der Waals surface area contributed by atoms with Gasteiger partial charge in [-0.15, -0.1) is 0 Å². The first-order chi connectivity index (χ1) is 9.72. The Bertz CT molecular complexity index is 800. The number of fused-ring (bicyclic) bond motifs is 1. The van der Waals surface area contributed by atoms with Crippen LogP contribution in [0.25, 0.3) is 22.4 Å². The zero-order chi connectivity index (χ0) is 14.1. The van der Waals surface area contributed by atoms with Gasteiger partial charge in [-0.05, 0) is 18.2 Å². The highest BCUT2D eigenvalue weighted by Crippen LogP contribution is 2.25. The molecule has 0 saturated carbocycles. The van der Waals surface area contributed by atoms with Crippen LogP contribution in [0.2, 0.25) is 0 Å². The molecule has 3 heteroatoms. The lowest BCUT2D eigenvalue weighted by Gasteiger charge is -2.01. The molecule has 0 fully saturated rings. The molecule has 1 aromatic heterocycles. The molecule has 3 rings (SSSR count). The minimum Gasteiger partial charge on any atom is -0.327 e. The van der Waals surface area contributed by atoms with Crippen LogP contribution in [0, 0.1) is 0 Å². The zero-order valence-electron chi connectivity index (χ0n) is 11.2. The summed E-state index contributed by atoms with van der Waals surface area (Å²) in [6.45, 7) is 3.55. The van der Waals surface area contributed by atoms with Crippen LogP contribution >= 0.6 is 0 Å². The van der Waals surface area contributed by atoms with Crippen molar-refractivity contribution in [3.8, 4) is 11.4 Å².